The van der Waals surface area contributed by atoms with Crippen LogP contribution in [-0.4, -0.2) is 47.3 Å². The lowest BCUT2D eigenvalue weighted by Crippen LogP contribution is -2.37. The number of aryl methyl sites for hydroxylation is 1. The number of rotatable bonds is 5. The third-order valence-corrected chi connectivity index (χ3v) is 4.88. The molecule has 1 aromatic carbocycles. The molecule has 4 rings (SSSR count). The average Bonchev–Trinajstić information content (AvgIpc) is 3.31. The largest absolute Gasteiger partial charge is 0.379 e. The summed E-state index contributed by atoms with van der Waals surface area (Å²) in [6.45, 7) is 6.06. The van der Waals surface area contributed by atoms with Crippen molar-refractivity contribution in [2.24, 2.45) is 0 Å². The van der Waals surface area contributed by atoms with E-state index >= 15 is 0 Å². The highest BCUT2D eigenvalue weighted by molar-refractivity contribution is 6.31. The van der Waals surface area contributed by atoms with Gasteiger partial charge in [0.2, 0.25) is 0 Å². The molecular formula is C17H22ClN3O. The lowest BCUT2D eigenvalue weighted by atomic mass is 10.3. The van der Waals surface area contributed by atoms with Gasteiger partial charge in [0, 0.05) is 37.1 Å². The quantitative estimate of drug-likeness (QED) is 0.847. The number of hydrogen-bond acceptors (Lipinski definition) is 3. The first kappa shape index (κ1) is 14.5. The van der Waals surface area contributed by atoms with E-state index in [0.29, 0.717) is 5.92 Å². The predicted octanol–water partition coefficient (Wildman–Crippen LogP) is 3.29. The Morgan fingerprint density at radius 1 is 1.18 bits per heavy atom. The summed E-state index contributed by atoms with van der Waals surface area (Å²) < 4.78 is 7.83. The van der Waals surface area contributed by atoms with E-state index in [1.54, 1.807) is 0 Å². The Morgan fingerprint density at radius 3 is 2.77 bits per heavy atom. The highest BCUT2D eigenvalue weighted by atomic mass is 35.5. The summed E-state index contributed by atoms with van der Waals surface area (Å²) in [5.74, 6) is 1.92. The molecule has 2 aliphatic rings. The van der Waals surface area contributed by atoms with E-state index in [0.717, 1.165) is 56.4 Å². The molecule has 22 heavy (non-hydrogen) atoms. The molecule has 0 N–H and O–H groups in total. The topological polar surface area (TPSA) is 30.3 Å². The molecule has 1 saturated carbocycles. The molecule has 1 aliphatic heterocycles. The number of morpholine rings is 1. The Bertz CT molecular complexity index is 659. The van der Waals surface area contributed by atoms with Crippen molar-refractivity contribution in [3.63, 3.8) is 0 Å². The van der Waals surface area contributed by atoms with Crippen molar-refractivity contribution in [2.45, 2.75) is 31.7 Å². The summed E-state index contributed by atoms with van der Waals surface area (Å²) >= 11 is 6.11. The molecule has 0 radical (unpaired) electrons. The van der Waals surface area contributed by atoms with Gasteiger partial charge in [-0.3, -0.25) is 4.90 Å². The van der Waals surface area contributed by atoms with Gasteiger partial charge in [0.1, 0.15) is 5.82 Å². The monoisotopic (exact) mass is 319 g/mol. The maximum absolute atomic E-state index is 6.11. The van der Waals surface area contributed by atoms with E-state index in [9.17, 15) is 0 Å². The van der Waals surface area contributed by atoms with Crippen LogP contribution in [0, 0.1) is 0 Å². The summed E-state index contributed by atoms with van der Waals surface area (Å²) in [4.78, 5) is 7.34. The van der Waals surface area contributed by atoms with E-state index in [1.165, 1.54) is 24.2 Å². The maximum Gasteiger partial charge on any atom is 0.112 e. The van der Waals surface area contributed by atoms with Crippen LogP contribution in [0.2, 0.25) is 5.02 Å². The van der Waals surface area contributed by atoms with Crippen molar-refractivity contribution in [1.29, 1.82) is 0 Å². The van der Waals surface area contributed by atoms with Crippen molar-refractivity contribution in [2.75, 3.05) is 32.8 Å². The van der Waals surface area contributed by atoms with Gasteiger partial charge in [-0.2, -0.15) is 0 Å². The zero-order valence-electron chi connectivity index (χ0n) is 12.8. The third kappa shape index (κ3) is 3.00. The lowest BCUT2D eigenvalue weighted by molar-refractivity contribution is 0.0369. The number of nitrogens with zero attached hydrogens (tertiary/aromatic N) is 3. The smallest absolute Gasteiger partial charge is 0.112 e. The number of aromatic nitrogens is 2. The van der Waals surface area contributed by atoms with Gasteiger partial charge in [-0.05, 0) is 37.5 Å². The van der Waals surface area contributed by atoms with Crippen molar-refractivity contribution < 1.29 is 4.74 Å². The molecule has 0 spiro atoms. The van der Waals surface area contributed by atoms with E-state index in [1.807, 2.05) is 12.1 Å². The second-order valence-electron chi connectivity index (χ2n) is 6.34. The van der Waals surface area contributed by atoms with Gasteiger partial charge >= 0.3 is 0 Å². The third-order valence-electron chi connectivity index (χ3n) is 4.64. The van der Waals surface area contributed by atoms with Crippen LogP contribution in [-0.2, 0) is 11.3 Å². The normalized spacial score (nSPS) is 19.9. The predicted molar refractivity (Wildman–Crippen MR) is 88.6 cm³/mol. The van der Waals surface area contributed by atoms with Crippen molar-refractivity contribution >= 4 is 22.6 Å². The minimum Gasteiger partial charge on any atom is -0.379 e. The number of halogens is 1. The molecule has 2 fully saturated rings. The van der Waals surface area contributed by atoms with E-state index in [4.69, 9.17) is 21.3 Å². The molecule has 118 valence electrons. The fourth-order valence-corrected chi connectivity index (χ4v) is 3.45. The highest BCUT2D eigenvalue weighted by Gasteiger charge is 2.29. The molecule has 0 amide bonds. The van der Waals surface area contributed by atoms with Gasteiger partial charge in [0.05, 0.1) is 24.2 Å². The number of imidazole rings is 1. The van der Waals surface area contributed by atoms with Crippen LogP contribution >= 0.6 is 11.6 Å². The van der Waals surface area contributed by atoms with Gasteiger partial charge in [-0.25, -0.2) is 4.98 Å². The molecule has 0 atom stereocenters. The summed E-state index contributed by atoms with van der Waals surface area (Å²) in [6, 6.07) is 6.08. The van der Waals surface area contributed by atoms with Crippen LogP contribution in [0.4, 0.5) is 0 Å². The molecule has 2 aromatic rings. The summed E-state index contributed by atoms with van der Waals surface area (Å²) in [6.07, 6.45) is 3.72. The lowest BCUT2D eigenvalue weighted by Gasteiger charge is -2.26. The molecule has 1 saturated heterocycles. The zero-order valence-corrected chi connectivity index (χ0v) is 13.6. The van der Waals surface area contributed by atoms with Crippen LogP contribution in [0.1, 0.15) is 31.0 Å². The average molecular weight is 320 g/mol. The second-order valence-corrected chi connectivity index (χ2v) is 6.77. The first-order valence-electron chi connectivity index (χ1n) is 8.27. The Labute approximate surface area is 136 Å². The van der Waals surface area contributed by atoms with Gasteiger partial charge in [0.15, 0.2) is 0 Å². The van der Waals surface area contributed by atoms with Gasteiger partial charge in [-0.15, -0.1) is 0 Å². The molecule has 4 nitrogen and oxygen atoms in total. The summed E-state index contributed by atoms with van der Waals surface area (Å²) in [5.41, 5.74) is 2.27. The first-order chi connectivity index (χ1) is 10.8. The fourth-order valence-electron chi connectivity index (χ4n) is 3.29. The highest BCUT2D eigenvalue weighted by Crippen LogP contribution is 2.41. The number of benzene rings is 1. The molecule has 1 aromatic heterocycles. The van der Waals surface area contributed by atoms with E-state index < -0.39 is 0 Å². The molecule has 2 heterocycles. The standard InChI is InChI=1S/C17H22ClN3O/c18-14-4-5-16-15(12-14)19-17(13-2-3-13)21(16)7-1-6-20-8-10-22-11-9-20/h4-5,12-13H,1-3,6-11H2. The maximum atomic E-state index is 6.11. The van der Waals surface area contributed by atoms with E-state index in [-0.39, 0.29) is 0 Å². The molecule has 1 aliphatic carbocycles. The summed E-state index contributed by atoms with van der Waals surface area (Å²) in [5, 5.41) is 0.771. The van der Waals surface area contributed by atoms with Crippen molar-refractivity contribution in [3.8, 4) is 0 Å². The molecule has 0 bridgehead atoms. The van der Waals surface area contributed by atoms with Crippen LogP contribution in [0.25, 0.3) is 11.0 Å². The van der Waals surface area contributed by atoms with Crippen molar-refractivity contribution in [1.82, 2.24) is 14.5 Å². The Hall–Kier alpha value is -1.10. The van der Waals surface area contributed by atoms with Gasteiger partial charge < -0.3 is 9.30 Å². The first-order valence-corrected chi connectivity index (χ1v) is 8.65. The Kier molecular flexibility index (Phi) is 4.07. The molecular weight excluding hydrogens is 298 g/mol. The molecule has 0 unspecified atom stereocenters. The van der Waals surface area contributed by atoms with Crippen LogP contribution in [0.3, 0.4) is 0 Å². The SMILES string of the molecule is Clc1ccc2c(c1)nc(C1CC1)n2CCCN1CCOCC1. The van der Waals surface area contributed by atoms with Crippen LogP contribution < -0.4 is 0 Å². The van der Waals surface area contributed by atoms with E-state index in [2.05, 4.69) is 15.5 Å². The summed E-state index contributed by atoms with van der Waals surface area (Å²) in [7, 11) is 0. The number of fused-ring (bicyclic) bond motifs is 1. The van der Waals surface area contributed by atoms with Crippen molar-refractivity contribution in [3.05, 3.63) is 29.0 Å². The van der Waals surface area contributed by atoms with Crippen LogP contribution in [0.15, 0.2) is 18.2 Å². The van der Waals surface area contributed by atoms with Gasteiger partial charge in [-0.1, -0.05) is 11.6 Å². The second kappa shape index (κ2) is 6.19. The number of ether oxygens (including phenoxy) is 1. The zero-order chi connectivity index (χ0) is 14.9. The number of hydrogen-bond donors (Lipinski definition) is 0. The van der Waals surface area contributed by atoms with Gasteiger partial charge in [0.25, 0.3) is 0 Å². The Balaban J connectivity index is 1.50. The Morgan fingerprint density at radius 2 is 2.00 bits per heavy atom. The molecule has 5 heteroatoms. The minimum absolute atomic E-state index is 0.662. The van der Waals surface area contributed by atoms with Crippen LogP contribution in [0.5, 0.6) is 0 Å². The fraction of sp³-hybridized carbons (Fsp3) is 0.588. The minimum atomic E-state index is 0.662.